The summed E-state index contributed by atoms with van der Waals surface area (Å²) in [6.07, 6.45) is 2.26. The average molecular weight is 373 g/mol. The fourth-order valence-electron chi connectivity index (χ4n) is 4.08. The van der Waals surface area contributed by atoms with Gasteiger partial charge in [-0.15, -0.1) is 12.4 Å². The van der Waals surface area contributed by atoms with Crippen LogP contribution < -0.4 is 10.5 Å². The zero-order chi connectivity index (χ0) is 17.2. The number of amides is 1. The zero-order valence-corrected chi connectivity index (χ0v) is 15.5. The molecule has 2 fully saturated rings. The molecule has 2 aliphatic rings. The third-order valence-corrected chi connectivity index (χ3v) is 5.55. The van der Waals surface area contributed by atoms with Crippen molar-refractivity contribution in [1.29, 1.82) is 0 Å². The van der Waals surface area contributed by atoms with Crippen LogP contribution in [-0.4, -0.2) is 29.9 Å². The van der Waals surface area contributed by atoms with E-state index in [1.807, 2.05) is 59.5 Å². The maximum Gasteiger partial charge on any atom is 0.253 e. The van der Waals surface area contributed by atoms with Crippen LogP contribution in [0.5, 0.6) is 5.75 Å². The van der Waals surface area contributed by atoms with Gasteiger partial charge in [0.25, 0.3) is 5.91 Å². The monoisotopic (exact) mass is 372 g/mol. The van der Waals surface area contributed by atoms with Crippen molar-refractivity contribution in [3.05, 3.63) is 65.7 Å². The lowest BCUT2D eigenvalue weighted by atomic mass is 9.98. The van der Waals surface area contributed by atoms with E-state index in [0.29, 0.717) is 18.4 Å². The normalized spacial score (nSPS) is 24.0. The second-order valence-corrected chi connectivity index (χ2v) is 7.17. The Kier molecular flexibility index (Phi) is 5.84. The lowest BCUT2D eigenvalue weighted by Crippen LogP contribution is -2.33. The summed E-state index contributed by atoms with van der Waals surface area (Å²) in [6.45, 7) is 2.17. The molecule has 0 radical (unpaired) electrons. The van der Waals surface area contributed by atoms with Crippen LogP contribution in [0.4, 0.5) is 0 Å². The highest BCUT2D eigenvalue weighted by Crippen LogP contribution is 2.37. The number of halogens is 1. The molecule has 5 heteroatoms. The summed E-state index contributed by atoms with van der Waals surface area (Å²) < 4.78 is 5.75. The minimum atomic E-state index is 0. The van der Waals surface area contributed by atoms with E-state index in [1.54, 1.807) is 0 Å². The molecule has 1 saturated heterocycles. The first kappa shape index (κ1) is 18.7. The molecule has 4 rings (SSSR count). The Morgan fingerprint density at radius 3 is 2.46 bits per heavy atom. The zero-order valence-electron chi connectivity index (χ0n) is 14.7. The molecule has 3 unspecified atom stereocenters. The predicted octanol–water partition coefficient (Wildman–Crippen LogP) is 3.50. The molecule has 1 saturated carbocycles. The fourth-order valence-corrected chi connectivity index (χ4v) is 4.08. The van der Waals surface area contributed by atoms with Crippen molar-refractivity contribution in [1.82, 2.24) is 4.90 Å². The van der Waals surface area contributed by atoms with Crippen molar-refractivity contribution in [2.24, 2.45) is 17.6 Å². The predicted molar refractivity (Wildman–Crippen MR) is 105 cm³/mol. The maximum atomic E-state index is 12.7. The van der Waals surface area contributed by atoms with Gasteiger partial charge in [0.05, 0.1) is 0 Å². The number of para-hydroxylation sites is 1. The summed E-state index contributed by atoms with van der Waals surface area (Å²) in [7, 11) is 0. The van der Waals surface area contributed by atoms with Crippen LogP contribution in [0.2, 0.25) is 0 Å². The maximum absolute atomic E-state index is 12.7. The topological polar surface area (TPSA) is 55.6 Å². The van der Waals surface area contributed by atoms with Gasteiger partial charge >= 0.3 is 0 Å². The number of hydrogen-bond donors (Lipinski definition) is 1. The second kappa shape index (κ2) is 8.11. The van der Waals surface area contributed by atoms with Gasteiger partial charge in [-0.1, -0.05) is 30.3 Å². The Balaban J connectivity index is 0.00000196. The van der Waals surface area contributed by atoms with Crippen LogP contribution in [0, 0.1) is 11.8 Å². The first-order chi connectivity index (χ1) is 12.2. The molecule has 0 bridgehead atoms. The van der Waals surface area contributed by atoms with E-state index >= 15 is 0 Å². The molecular formula is C21H25ClN2O2. The number of likely N-dealkylation sites (tertiary alicyclic amines) is 1. The van der Waals surface area contributed by atoms with Gasteiger partial charge < -0.3 is 15.4 Å². The van der Waals surface area contributed by atoms with Crippen LogP contribution in [0.25, 0.3) is 0 Å². The molecule has 26 heavy (non-hydrogen) atoms. The van der Waals surface area contributed by atoms with E-state index < -0.39 is 0 Å². The quantitative estimate of drug-likeness (QED) is 0.893. The number of fused-ring (bicyclic) bond motifs is 1. The van der Waals surface area contributed by atoms with Gasteiger partial charge in [-0.3, -0.25) is 4.79 Å². The summed E-state index contributed by atoms with van der Waals surface area (Å²) in [5, 5.41) is 0. The summed E-state index contributed by atoms with van der Waals surface area (Å²) >= 11 is 0. The Hall–Kier alpha value is -2.04. The van der Waals surface area contributed by atoms with Gasteiger partial charge in [-0.25, -0.2) is 0 Å². The number of benzene rings is 2. The van der Waals surface area contributed by atoms with Crippen molar-refractivity contribution in [3.8, 4) is 5.75 Å². The number of hydrogen-bond acceptors (Lipinski definition) is 3. The largest absolute Gasteiger partial charge is 0.489 e. The molecule has 0 aromatic heterocycles. The Morgan fingerprint density at radius 1 is 1.04 bits per heavy atom. The molecule has 2 N–H and O–H groups in total. The van der Waals surface area contributed by atoms with Gasteiger partial charge in [-0.05, 0) is 54.5 Å². The van der Waals surface area contributed by atoms with Crippen LogP contribution in [0.15, 0.2) is 54.6 Å². The fraction of sp³-hybridized carbons (Fsp3) is 0.381. The summed E-state index contributed by atoms with van der Waals surface area (Å²) in [5.41, 5.74) is 7.97. The molecule has 2 aromatic carbocycles. The highest BCUT2D eigenvalue weighted by atomic mass is 35.5. The number of ether oxygens (including phenoxy) is 1. The van der Waals surface area contributed by atoms with Crippen molar-refractivity contribution >= 4 is 18.3 Å². The van der Waals surface area contributed by atoms with Gasteiger partial charge in [0.15, 0.2) is 0 Å². The van der Waals surface area contributed by atoms with Crippen molar-refractivity contribution < 1.29 is 9.53 Å². The van der Waals surface area contributed by atoms with E-state index in [9.17, 15) is 4.79 Å². The van der Waals surface area contributed by atoms with Gasteiger partial charge in [0, 0.05) is 24.7 Å². The molecule has 3 atom stereocenters. The van der Waals surface area contributed by atoms with E-state index in [0.717, 1.165) is 42.8 Å². The molecule has 1 amide bonds. The number of rotatable bonds is 4. The molecule has 2 aromatic rings. The third kappa shape index (κ3) is 3.87. The second-order valence-electron chi connectivity index (χ2n) is 7.17. The highest BCUT2D eigenvalue weighted by molar-refractivity contribution is 5.94. The molecule has 1 heterocycles. The minimum Gasteiger partial charge on any atom is -0.489 e. The molecule has 1 aliphatic carbocycles. The van der Waals surface area contributed by atoms with E-state index in [1.165, 1.54) is 0 Å². The number of nitrogens with zero attached hydrogens (tertiary/aromatic N) is 1. The SMILES string of the molecule is Cl.NC1CCC2CN(C(=O)c3ccc(COc4ccccc4)cc3)CC12. The molecule has 138 valence electrons. The Bertz CT molecular complexity index is 735. The lowest BCUT2D eigenvalue weighted by molar-refractivity contribution is 0.0779. The minimum absolute atomic E-state index is 0. The molecule has 1 aliphatic heterocycles. The summed E-state index contributed by atoms with van der Waals surface area (Å²) in [6, 6.07) is 17.8. The summed E-state index contributed by atoms with van der Waals surface area (Å²) in [4.78, 5) is 14.7. The summed E-state index contributed by atoms with van der Waals surface area (Å²) in [5.74, 6) is 2.06. The smallest absolute Gasteiger partial charge is 0.253 e. The highest BCUT2D eigenvalue weighted by Gasteiger charge is 2.42. The first-order valence-corrected chi connectivity index (χ1v) is 9.02. The number of carbonyl (C=O) groups excluding carboxylic acids is 1. The van der Waals surface area contributed by atoms with Crippen LogP contribution >= 0.6 is 12.4 Å². The third-order valence-electron chi connectivity index (χ3n) is 5.55. The van der Waals surface area contributed by atoms with Crippen LogP contribution in [0.1, 0.15) is 28.8 Å². The van der Waals surface area contributed by atoms with Crippen molar-refractivity contribution in [2.45, 2.75) is 25.5 Å². The van der Waals surface area contributed by atoms with Crippen molar-refractivity contribution in [3.63, 3.8) is 0 Å². The van der Waals surface area contributed by atoms with Crippen molar-refractivity contribution in [2.75, 3.05) is 13.1 Å². The molecule has 4 nitrogen and oxygen atoms in total. The standard InChI is InChI=1S/C21H24N2O2.ClH/c22-20-11-10-17-12-23(13-19(17)20)21(24)16-8-6-15(7-9-16)14-25-18-4-2-1-3-5-18;/h1-9,17,19-20H,10-14,22H2;1H. The van der Waals surface area contributed by atoms with Crippen LogP contribution in [0.3, 0.4) is 0 Å². The van der Waals surface area contributed by atoms with Gasteiger partial charge in [-0.2, -0.15) is 0 Å². The lowest BCUT2D eigenvalue weighted by Gasteiger charge is -2.19. The number of nitrogens with two attached hydrogens (primary N) is 1. The van der Waals surface area contributed by atoms with Gasteiger partial charge in [0.1, 0.15) is 12.4 Å². The van der Waals surface area contributed by atoms with E-state index in [-0.39, 0.29) is 24.4 Å². The molecular weight excluding hydrogens is 348 g/mol. The van der Waals surface area contributed by atoms with Gasteiger partial charge in [0.2, 0.25) is 0 Å². The Labute approximate surface area is 160 Å². The molecule has 0 spiro atoms. The van der Waals surface area contributed by atoms with E-state index in [2.05, 4.69) is 0 Å². The average Bonchev–Trinajstić information content (AvgIpc) is 3.23. The van der Waals surface area contributed by atoms with E-state index in [4.69, 9.17) is 10.5 Å². The van der Waals surface area contributed by atoms with Crippen LogP contribution in [-0.2, 0) is 6.61 Å². The number of carbonyl (C=O) groups is 1. The Morgan fingerprint density at radius 2 is 1.77 bits per heavy atom. The first-order valence-electron chi connectivity index (χ1n) is 9.02.